The molecule has 3 aromatic heterocycles. The average molecular weight is 370 g/mol. The van der Waals surface area contributed by atoms with E-state index in [0.717, 1.165) is 24.6 Å². The maximum Gasteiger partial charge on any atom is 0.269 e. The third kappa shape index (κ3) is 3.67. The number of nitrogens with zero attached hydrogens (tertiary/aromatic N) is 4. The lowest BCUT2D eigenvalue weighted by Gasteiger charge is -2.04. The highest BCUT2D eigenvalue weighted by Crippen LogP contribution is 2.25. The first-order valence-corrected chi connectivity index (χ1v) is 8.67. The lowest BCUT2D eigenvalue weighted by atomic mass is 10.1. The molecule has 1 saturated carbocycles. The molecule has 140 valence electrons. The summed E-state index contributed by atoms with van der Waals surface area (Å²) in [7, 11) is 1.73. The van der Waals surface area contributed by atoms with Crippen LogP contribution in [0, 0.1) is 12.7 Å². The van der Waals surface area contributed by atoms with Gasteiger partial charge in [-0.1, -0.05) is 5.16 Å². The molecule has 3 aromatic rings. The van der Waals surface area contributed by atoms with Crippen molar-refractivity contribution in [3.05, 3.63) is 47.2 Å². The minimum absolute atomic E-state index is 0.127. The Labute approximate surface area is 154 Å². The van der Waals surface area contributed by atoms with E-state index in [1.54, 1.807) is 30.8 Å². The van der Waals surface area contributed by atoms with Crippen molar-refractivity contribution in [3.63, 3.8) is 0 Å². The maximum atomic E-state index is 13.1. The van der Waals surface area contributed by atoms with Crippen LogP contribution in [-0.2, 0) is 13.6 Å². The molecule has 0 unspecified atom stereocenters. The predicted octanol–water partition coefficient (Wildman–Crippen LogP) is 2.42. The lowest BCUT2D eigenvalue weighted by Crippen LogP contribution is -2.27. The Morgan fingerprint density at radius 3 is 2.93 bits per heavy atom. The molecular weight excluding hydrogens is 351 g/mol. The quantitative estimate of drug-likeness (QED) is 0.692. The van der Waals surface area contributed by atoms with Gasteiger partial charge in [-0.25, -0.2) is 4.39 Å². The van der Waals surface area contributed by atoms with Crippen LogP contribution in [0.5, 0.6) is 0 Å². The first-order valence-electron chi connectivity index (χ1n) is 8.67. The molecule has 3 heterocycles. The van der Waals surface area contributed by atoms with Crippen molar-refractivity contribution >= 4 is 11.7 Å². The van der Waals surface area contributed by atoms with Gasteiger partial charge in [0.2, 0.25) is 0 Å². The van der Waals surface area contributed by atoms with E-state index >= 15 is 0 Å². The monoisotopic (exact) mass is 370 g/mol. The van der Waals surface area contributed by atoms with E-state index in [0.29, 0.717) is 35.2 Å². The third-order valence-corrected chi connectivity index (χ3v) is 4.43. The van der Waals surface area contributed by atoms with Crippen molar-refractivity contribution in [1.82, 2.24) is 25.2 Å². The Hall–Kier alpha value is -3.23. The fraction of sp³-hybridized carbons (Fsp3) is 0.333. The summed E-state index contributed by atoms with van der Waals surface area (Å²) in [5.74, 6) is 0.658. The third-order valence-electron chi connectivity index (χ3n) is 4.43. The second kappa shape index (κ2) is 6.82. The summed E-state index contributed by atoms with van der Waals surface area (Å²) < 4.78 is 19.9. The molecule has 4 rings (SSSR count). The van der Waals surface area contributed by atoms with Crippen molar-refractivity contribution in [1.29, 1.82) is 0 Å². The Kier molecular flexibility index (Phi) is 4.35. The maximum absolute atomic E-state index is 13.1. The summed E-state index contributed by atoms with van der Waals surface area (Å²) in [6.07, 6.45) is 3.20. The number of anilines is 1. The van der Waals surface area contributed by atoms with Gasteiger partial charge in [0.05, 0.1) is 11.9 Å². The van der Waals surface area contributed by atoms with Crippen LogP contribution in [0.1, 0.15) is 34.7 Å². The van der Waals surface area contributed by atoms with Gasteiger partial charge >= 0.3 is 0 Å². The van der Waals surface area contributed by atoms with E-state index in [2.05, 4.69) is 25.9 Å². The normalized spacial score (nSPS) is 13.6. The van der Waals surface area contributed by atoms with Gasteiger partial charge < -0.3 is 15.2 Å². The number of rotatable bonds is 6. The highest BCUT2D eigenvalue weighted by atomic mass is 19.1. The van der Waals surface area contributed by atoms with Crippen LogP contribution in [0.2, 0.25) is 0 Å². The van der Waals surface area contributed by atoms with E-state index in [-0.39, 0.29) is 11.9 Å². The topological polar surface area (TPSA) is 97.9 Å². The van der Waals surface area contributed by atoms with Gasteiger partial charge in [0, 0.05) is 31.3 Å². The number of nitrogens with one attached hydrogen (secondary N) is 2. The van der Waals surface area contributed by atoms with Crippen molar-refractivity contribution in [2.24, 2.45) is 7.05 Å². The van der Waals surface area contributed by atoms with Gasteiger partial charge in [-0.15, -0.1) is 0 Å². The van der Waals surface area contributed by atoms with E-state index in [1.807, 2.05) is 0 Å². The minimum atomic E-state index is -0.413. The number of hydrogen-bond donors (Lipinski definition) is 2. The molecule has 27 heavy (non-hydrogen) atoms. The standard InChI is InChI=1S/C18H19FN6O2/c1-10-13(17(24-27-10)14-6-3-11(19)8-20-14)9-21-16-7-15(25(2)23-16)18(26)22-12-4-5-12/h3,6-8,12H,4-5,9H2,1-2H3,(H,21,23)(H,22,26). The van der Waals surface area contributed by atoms with Crippen molar-refractivity contribution in [2.45, 2.75) is 32.4 Å². The first-order chi connectivity index (χ1) is 13.0. The van der Waals surface area contributed by atoms with Gasteiger partial charge in [-0.05, 0) is 31.9 Å². The zero-order valence-electron chi connectivity index (χ0n) is 15.0. The number of aromatic nitrogens is 4. The molecule has 0 spiro atoms. The molecule has 1 aliphatic carbocycles. The fourth-order valence-corrected chi connectivity index (χ4v) is 2.75. The van der Waals surface area contributed by atoms with E-state index in [9.17, 15) is 9.18 Å². The number of aryl methyl sites for hydroxylation is 2. The molecule has 0 radical (unpaired) electrons. The van der Waals surface area contributed by atoms with E-state index in [4.69, 9.17) is 4.52 Å². The van der Waals surface area contributed by atoms with Crippen LogP contribution in [-0.4, -0.2) is 31.9 Å². The SMILES string of the molecule is Cc1onc(-c2ccc(F)cn2)c1CNc1cc(C(=O)NC2CC2)n(C)n1. The molecule has 0 saturated heterocycles. The van der Waals surface area contributed by atoms with Crippen LogP contribution in [0.15, 0.2) is 28.9 Å². The summed E-state index contributed by atoms with van der Waals surface area (Å²) >= 11 is 0. The minimum Gasteiger partial charge on any atom is -0.364 e. The zero-order valence-corrected chi connectivity index (χ0v) is 15.0. The van der Waals surface area contributed by atoms with Crippen LogP contribution in [0.3, 0.4) is 0 Å². The van der Waals surface area contributed by atoms with E-state index in [1.165, 1.54) is 6.07 Å². The van der Waals surface area contributed by atoms with Gasteiger partial charge in [0.15, 0.2) is 0 Å². The first kappa shape index (κ1) is 17.2. The molecule has 0 aliphatic heterocycles. The number of carbonyl (C=O) groups excluding carboxylic acids is 1. The Morgan fingerprint density at radius 2 is 2.22 bits per heavy atom. The Balaban J connectivity index is 1.50. The van der Waals surface area contributed by atoms with Crippen molar-refractivity contribution in [2.75, 3.05) is 5.32 Å². The van der Waals surface area contributed by atoms with Crippen LogP contribution in [0.25, 0.3) is 11.4 Å². The highest BCUT2D eigenvalue weighted by Gasteiger charge is 2.25. The molecule has 0 bridgehead atoms. The molecule has 0 atom stereocenters. The van der Waals surface area contributed by atoms with Crippen LogP contribution >= 0.6 is 0 Å². The Morgan fingerprint density at radius 1 is 1.41 bits per heavy atom. The number of hydrogen-bond acceptors (Lipinski definition) is 6. The van der Waals surface area contributed by atoms with Crippen molar-refractivity contribution < 1.29 is 13.7 Å². The van der Waals surface area contributed by atoms with Gasteiger partial charge in [-0.2, -0.15) is 5.10 Å². The summed E-state index contributed by atoms with van der Waals surface area (Å²) in [6, 6.07) is 4.87. The summed E-state index contributed by atoms with van der Waals surface area (Å²) in [5, 5.41) is 14.5. The van der Waals surface area contributed by atoms with Crippen LogP contribution in [0.4, 0.5) is 10.2 Å². The number of pyridine rings is 1. The molecule has 1 aliphatic rings. The van der Waals surface area contributed by atoms with E-state index < -0.39 is 5.82 Å². The number of carbonyl (C=O) groups is 1. The van der Waals surface area contributed by atoms with Gasteiger partial charge in [-0.3, -0.25) is 14.5 Å². The molecule has 9 heteroatoms. The highest BCUT2D eigenvalue weighted by molar-refractivity contribution is 5.93. The molecule has 1 amide bonds. The van der Waals surface area contributed by atoms with Gasteiger partial charge in [0.1, 0.15) is 28.8 Å². The summed E-state index contributed by atoms with van der Waals surface area (Å²) in [4.78, 5) is 16.3. The fourth-order valence-electron chi connectivity index (χ4n) is 2.75. The zero-order chi connectivity index (χ0) is 19.0. The number of amides is 1. The average Bonchev–Trinajstić information content (AvgIpc) is 3.26. The Bertz CT molecular complexity index is 974. The second-order valence-corrected chi connectivity index (χ2v) is 6.57. The molecule has 8 nitrogen and oxygen atoms in total. The lowest BCUT2D eigenvalue weighted by molar-refractivity contribution is 0.0941. The molecule has 1 fully saturated rings. The van der Waals surface area contributed by atoms with Crippen molar-refractivity contribution in [3.8, 4) is 11.4 Å². The molecular formula is C18H19FN6O2. The molecule has 0 aromatic carbocycles. The van der Waals surface area contributed by atoms with Gasteiger partial charge in [0.25, 0.3) is 5.91 Å². The largest absolute Gasteiger partial charge is 0.364 e. The molecule has 2 N–H and O–H groups in total. The smallest absolute Gasteiger partial charge is 0.269 e. The number of halogens is 1. The summed E-state index contributed by atoms with van der Waals surface area (Å²) in [5.41, 5.74) is 2.36. The summed E-state index contributed by atoms with van der Waals surface area (Å²) in [6.45, 7) is 2.17. The second-order valence-electron chi connectivity index (χ2n) is 6.57. The predicted molar refractivity (Wildman–Crippen MR) is 95.5 cm³/mol. The van der Waals surface area contributed by atoms with Crippen LogP contribution < -0.4 is 10.6 Å².